The summed E-state index contributed by atoms with van der Waals surface area (Å²) in [6.07, 6.45) is 0. The Morgan fingerprint density at radius 1 is 2.00 bits per heavy atom. The van der Waals surface area contributed by atoms with Crippen LogP contribution in [0.1, 0.15) is 1.43 Å². The Kier molecular flexibility index (Phi) is 8.74. The van der Waals surface area contributed by atoms with Crippen molar-refractivity contribution in [3.63, 3.8) is 0 Å². The summed E-state index contributed by atoms with van der Waals surface area (Å²) in [6, 6.07) is 0. The molecule has 1 amide bonds. The topological polar surface area (TPSA) is 63.3 Å². The number of carbonyl (C=O) groups excluding carboxylic acids is 1. The molecular formula is C2H6NNaO2. The van der Waals surface area contributed by atoms with Crippen molar-refractivity contribution in [2.45, 2.75) is 0 Å². The molecule has 3 N–H and O–H groups in total. The van der Waals surface area contributed by atoms with Crippen molar-refractivity contribution >= 4 is 5.91 Å². The number of hydrogen-bond acceptors (Lipinski definition) is 2. The second kappa shape index (κ2) is 5.43. The van der Waals surface area contributed by atoms with Gasteiger partial charge in [0.2, 0.25) is 5.91 Å². The molecule has 0 fully saturated rings. The summed E-state index contributed by atoms with van der Waals surface area (Å²) in [5, 5.41) is 7.67. The molecule has 0 aromatic heterocycles. The third kappa shape index (κ3) is 8.83. The smallest absolute Gasteiger partial charge is 1.00 e. The number of carbonyl (C=O) groups is 1. The van der Waals surface area contributed by atoms with E-state index in [1.54, 1.807) is 0 Å². The van der Waals surface area contributed by atoms with Gasteiger partial charge in [0, 0.05) is 0 Å². The van der Waals surface area contributed by atoms with E-state index in [1.807, 2.05) is 0 Å². The van der Waals surface area contributed by atoms with Crippen LogP contribution in [-0.2, 0) is 4.79 Å². The summed E-state index contributed by atoms with van der Waals surface area (Å²) in [6.45, 7) is -0.556. The maximum Gasteiger partial charge on any atom is 1.00 e. The minimum Gasteiger partial charge on any atom is -1.00 e. The molecule has 6 heavy (non-hydrogen) atoms. The van der Waals surface area contributed by atoms with Gasteiger partial charge in [-0.25, -0.2) is 0 Å². The van der Waals surface area contributed by atoms with Gasteiger partial charge in [-0.05, 0) is 0 Å². The van der Waals surface area contributed by atoms with Gasteiger partial charge in [0.15, 0.2) is 0 Å². The van der Waals surface area contributed by atoms with E-state index in [2.05, 4.69) is 5.73 Å². The average Bonchev–Trinajstić information content (AvgIpc) is 1.38. The van der Waals surface area contributed by atoms with Gasteiger partial charge < -0.3 is 12.3 Å². The predicted molar refractivity (Wildman–Crippen MR) is 17.4 cm³/mol. The monoisotopic (exact) mass is 99.0 g/mol. The van der Waals surface area contributed by atoms with Crippen molar-refractivity contribution in [2.24, 2.45) is 5.73 Å². The molecule has 0 saturated heterocycles. The molecule has 0 heterocycles. The van der Waals surface area contributed by atoms with E-state index in [1.165, 1.54) is 0 Å². The third-order valence-electron chi connectivity index (χ3n) is 0.156. The zero-order chi connectivity index (χ0) is 4.28. The van der Waals surface area contributed by atoms with E-state index in [9.17, 15) is 4.79 Å². The SMILES string of the molecule is NC(=O)CO.[H-].[Na+]. The quantitative estimate of drug-likeness (QED) is 0.326. The Bertz CT molecular complexity index is 51.0. The van der Waals surface area contributed by atoms with Crippen molar-refractivity contribution in [2.75, 3.05) is 6.61 Å². The molecule has 0 aromatic carbocycles. The maximum atomic E-state index is 9.34. The molecule has 0 spiro atoms. The van der Waals surface area contributed by atoms with Crippen molar-refractivity contribution in [3.05, 3.63) is 0 Å². The largest absolute Gasteiger partial charge is 1.00 e. The van der Waals surface area contributed by atoms with Gasteiger partial charge in [-0.15, -0.1) is 0 Å². The van der Waals surface area contributed by atoms with E-state index in [-0.39, 0.29) is 31.0 Å². The Morgan fingerprint density at radius 2 is 2.17 bits per heavy atom. The molecule has 0 aliphatic carbocycles. The van der Waals surface area contributed by atoms with Gasteiger partial charge in [-0.2, -0.15) is 0 Å². The van der Waals surface area contributed by atoms with Crippen molar-refractivity contribution in [1.29, 1.82) is 0 Å². The summed E-state index contributed by atoms with van der Waals surface area (Å²) >= 11 is 0. The Balaban J connectivity index is -0.0000000800. The molecule has 0 unspecified atom stereocenters. The fourth-order valence-electron chi connectivity index (χ4n) is 0. The summed E-state index contributed by atoms with van der Waals surface area (Å²) in [7, 11) is 0. The fraction of sp³-hybridized carbons (Fsp3) is 0.500. The molecule has 4 heteroatoms. The minimum atomic E-state index is -0.690. The second-order valence-electron chi connectivity index (χ2n) is 0.624. The van der Waals surface area contributed by atoms with Crippen LogP contribution < -0.4 is 35.3 Å². The van der Waals surface area contributed by atoms with Crippen molar-refractivity contribution in [1.82, 2.24) is 0 Å². The molecule has 0 atom stereocenters. The van der Waals surface area contributed by atoms with Crippen LogP contribution in [-0.4, -0.2) is 17.6 Å². The molecule has 32 valence electrons. The van der Waals surface area contributed by atoms with E-state index in [4.69, 9.17) is 5.11 Å². The average molecular weight is 99.1 g/mol. The Hall–Kier alpha value is 0.430. The van der Waals surface area contributed by atoms with Crippen LogP contribution in [0, 0.1) is 0 Å². The standard InChI is InChI=1S/C2H5NO2.Na.H/c3-2(5)1-4;;/h4H,1H2,(H2,3,5);;/q;+1;-1. The summed E-state index contributed by atoms with van der Waals surface area (Å²) in [5.74, 6) is -0.690. The second-order valence-corrected chi connectivity index (χ2v) is 0.624. The first-order valence-electron chi connectivity index (χ1n) is 1.16. The van der Waals surface area contributed by atoms with Gasteiger partial charge >= 0.3 is 29.6 Å². The number of amides is 1. The molecule has 0 bridgehead atoms. The molecule has 0 aromatic rings. The van der Waals surface area contributed by atoms with E-state index < -0.39 is 12.5 Å². The molecule has 0 radical (unpaired) electrons. The number of aliphatic hydroxyl groups excluding tert-OH is 1. The first-order chi connectivity index (χ1) is 2.27. The third-order valence-corrected chi connectivity index (χ3v) is 0.156. The van der Waals surface area contributed by atoms with E-state index >= 15 is 0 Å². The first kappa shape index (κ1) is 9.66. The van der Waals surface area contributed by atoms with Crippen LogP contribution in [0.2, 0.25) is 0 Å². The van der Waals surface area contributed by atoms with Crippen LogP contribution in [0.3, 0.4) is 0 Å². The summed E-state index contributed by atoms with van der Waals surface area (Å²) in [5.41, 5.74) is 4.40. The Labute approximate surface area is 59.3 Å². The van der Waals surface area contributed by atoms with Crippen LogP contribution in [0.15, 0.2) is 0 Å². The molecule has 0 aliphatic heterocycles. The molecule has 0 saturated carbocycles. The van der Waals surface area contributed by atoms with Crippen LogP contribution in [0.5, 0.6) is 0 Å². The van der Waals surface area contributed by atoms with Gasteiger partial charge in [0.1, 0.15) is 6.61 Å². The molecule has 3 nitrogen and oxygen atoms in total. The normalized spacial score (nSPS) is 6.17. The van der Waals surface area contributed by atoms with Crippen molar-refractivity contribution in [3.8, 4) is 0 Å². The number of rotatable bonds is 1. The summed E-state index contributed by atoms with van der Waals surface area (Å²) < 4.78 is 0. The van der Waals surface area contributed by atoms with Crippen molar-refractivity contribution < 1.29 is 40.9 Å². The van der Waals surface area contributed by atoms with Gasteiger partial charge in [0.05, 0.1) is 0 Å². The van der Waals surface area contributed by atoms with Crippen LogP contribution in [0.25, 0.3) is 0 Å². The zero-order valence-corrected chi connectivity index (χ0v) is 5.64. The van der Waals surface area contributed by atoms with E-state index in [0.29, 0.717) is 0 Å². The number of aliphatic hydroxyl groups is 1. The number of nitrogens with two attached hydrogens (primary N) is 1. The zero-order valence-electron chi connectivity index (χ0n) is 4.64. The number of primary amides is 1. The van der Waals surface area contributed by atoms with Gasteiger partial charge in [-0.3, -0.25) is 4.79 Å². The maximum absolute atomic E-state index is 9.34. The molecule has 0 aliphatic rings. The Morgan fingerprint density at radius 3 is 2.17 bits per heavy atom. The fourth-order valence-corrected chi connectivity index (χ4v) is 0. The van der Waals surface area contributed by atoms with Crippen LogP contribution >= 0.6 is 0 Å². The molecule has 0 rings (SSSR count). The minimum absolute atomic E-state index is 0. The van der Waals surface area contributed by atoms with Crippen LogP contribution in [0.4, 0.5) is 0 Å². The van der Waals surface area contributed by atoms with Gasteiger partial charge in [-0.1, -0.05) is 0 Å². The summed E-state index contributed by atoms with van der Waals surface area (Å²) in [4.78, 5) is 9.34. The van der Waals surface area contributed by atoms with E-state index in [0.717, 1.165) is 0 Å². The van der Waals surface area contributed by atoms with Gasteiger partial charge in [0.25, 0.3) is 0 Å². The first-order valence-corrected chi connectivity index (χ1v) is 1.16. The number of hydrogen-bond donors (Lipinski definition) is 2. The predicted octanol–water partition coefficient (Wildman–Crippen LogP) is -4.42. The molecular weight excluding hydrogens is 93.0 g/mol.